The third-order valence-corrected chi connectivity index (χ3v) is 6.85. The molecule has 1 aromatic heterocycles. The molecule has 50 heavy (non-hydrogen) atoms. The molecule has 0 spiro atoms. The Hall–Kier alpha value is -4.99. The van der Waals surface area contributed by atoms with E-state index in [4.69, 9.17) is 9.47 Å². The minimum Gasteiger partial charge on any atom is -0.444 e. The molecular formula is C34H44F4N6O6. The van der Waals surface area contributed by atoms with E-state index in [0.717, 1.165) is 27.4 Å². The molecule has 2 unspecified atom stereocenters. The number of aromatic nitrogens is 2. The first-order valence-corrected chi connectivity index (χ1v) is 15.0. The average molecular weight is 709 g/mol. The second-order valence-electron chi connectivity index (χ2n) is 12.8. The number of imidazole rings is 1. The lowest BCUT2D eigenvalue weighted by molar-refractivity contribution is -0.137. The molecule has 274 valence electrons. The molecule has 0 aliphatic rings. The lowest BCUT2D eigenvalue weighted by Gasteiger charge is -2.29. The highest BCUT2D eigenvalue weighted by atomic mass is 19.4. The molecular weight excluding hydrogens is 664 g/mol. The van der Waals surface area contributed by atoms with Crippen LogP contribution >= 0.6 is 0 Å². The molecule has 0 saturated heterocycles. The van der Waals surface area contributed by atoms with Crippen LogP contribution in [0.4, 0.5) is 28.2 Å². The monoisotopic (exact) mass is 708 g/mol. The van der Waals surface area contributed by atoms with Crippen molar-refractivity contribution in [3.63, 3.8) is 0 Å². The molecule has 16 heteroatoms. The Morgan fingerprint density at radius 3 is 2.18 bits per heavy atom. The Bertz CT molecular complexity index is 1640. The van der Waals surface area contributed by atoms with Crippen LogP contribution in [0.25, 0.3) is 0 Å². The third-order valence-electron chi connectivity index (χ3n) is 6.85. The number of nitrogens with one attached hydrogen (secondary N) is 3. The van der Waals surface area contributed by atoms with Crippen molar-refractivity contribution in [3.05, 3.63) is 83.6 Å². The standard InChI is InChI=1S/C33H40F4N6O6.CH4/c1-31(2,3)49-30(47)41-32(4,5)29(46)39-24(18-48-17-20-11-9-8-10-12-20)27(44)40-25-16-43(19-38-25)26(28(45)42(6)7)22-14-13-21(15-23(22)34)33(35,36)37;/h8-16,19,24,26H,17-18H2,1-7H3,(H,39,46)(H,40,44)(H,41,47);1H4. The first-order valence-electron chi connectivity index (χ1n) is 15.0. The van der Waals surface area contributed by atoms with Crippen LogP contribution in [-0.4, -0.2) is 76.1 Å². The van der Waals surface area contributed by atoms with Gasteiger partial charge in [0.15, 0.2) is 5.82 Å². The van der Waals surface area contributed by atoms with E-state index in [1.54, 1.807) is 45.0 Å². The number of hydrogen-bond donors (Lipinski definition) is 3. The van der Waals surface area contributed by atoms with Crippen LogP contribution in [0, 0.1) is 5.82 Å². The van der Waals surface area contributed by atoms with Crippen molar-refractivity contribution in [1.29, 1.82) is 0 Å². The van der Waals surface area contributed by atoms with Gasteiger partial charge in [0.2, 0.25) is 11.8 Å². The lowest BCUT2D eigenvalue weighted by atomic mass is 10.0. The fourth-order valence-electron chi connectivity index (χ4n) is 4.35. The van der Waals surface area contributed by atoms with Crippen molar-refractivity contribution in [1.82, 2.24) is 25.1 Å². The van der Waals surface area contributed by atoms with Gasteiger partial charge in [-0.05, 0) is 52.3 Å². The number of anilines is 1. The number of halogens is 4. The summed E-state index contributed by atoms with van der Waals surface area (Å²) in [6.45, 7) is 7.58. The van der Waals surface area contributed by atoms with Crippen LogP contribution in [0.2, 0.25) is 0 Å². The smallest absolute Gasteiger partial charge is 0.416 e. The minimum atomic E-state index is -4.80. The molecule has 0 fully saturated rings. The Kier molecular flexibility index (Phi) is 13.7. The van der Waals surface area contributed by atoms with Crippen LogP contribution in [0.5, 0.6) is 0 Å². The summed E-state index contributed by atoms with van der Waals surface area (Å²) >= 11 is 0. The van der Waals surface area contributed by atoms with E-state index < -0.39 is 64.6 Å². The lowest BCUT2D eigenvalue weighted by Crippen LogP contribution is -2.59. The number of likely N-dealkylation sites (N-methyl/N-ethyl adjacent to an activating group) is 1. The van der Waals surface area contributed by atoms with Gasteiger partial charge >= 0.3 is 12.3 Å². The topological polar surface area (TPSA) is 144 Å². The second-order valence-corrected chi connectivity index (χ2v) is 12.8. The predicted octanol–water partition coefficient (Wildman–Crippen LogP) is 5.30. The fraction of sp³-hybridized carbons (Fsp3) is 0.441. The molecule has 3 N–H and O–H groups in total. The first-order chi connectivity index (χ1) is 22.7. The van der Waals surface area contributed by atoms with Gasteiger partial charge in [0.25, 0.3) is 5.91 Å². The Morgan fingerprint density at radius 1 is 0.980 bits per heavy atom. The second kappa shape index (κ2) is 16.6. The number of carbonyl (C=O) groups excluding carboxylic acids is 4. The zero-order chi connectivity index (χ0) is 36.7. The number of nitrogens with zero attached hydrogens (tertiary/aromatic N) is 3. The summed E-state index contributed by atoms with van der Waals surface area (Å²) in [6, 6.07) is 8.06. The van der Waals surface area contributed by atoms with Crippen molar-refractivity contribution >= 4 is 29.6 Å². The quantitative estimate of drug-likeness (QED) is 0.217. The van der Waals surface area contributed by atoms with E-state index in [0.29, 0.717) is 12.1 Å². The molecule has 0 saturated carbocycles. The van der Waals surface area contributed by atoms with Crippen LogP contribution in [0.15, 0.2) is 61.1 Å². The molecule has 0 radical (unpaired) electrons. The molecule has 0 aliphatic heterocycles. The number of ether oxygens (including phenoxy) is 2. The van der Waals surface area contributed by atoms with E-state index in [-0.39, 0.29) is 32.0 Å². The van der Waals surface area contributed by atoms with Gasteiger partial charge in [-0.15, -0.1) is 0 Å². The van der Waals surface area contributed by atoms with E-state index >= 15 is 4.39 Å². The van der Waals surface area contributed by atoms with Crippen molar-refractivity contribution in [3.8, 4) is 0 Å². The first kappa shape index (κ1) is 41.2. The predicted molar refractivity (Wildman–Crippen MR) is 177 cm³/mol. The highest BCUT2D eigenvalue weighted by Gasteiger charge is 2.36. The summed E-state index contributed by atoms with van der Waals surface area (Å²) in [5.74, 6) is -3.62. The van der Waals surface area contributed by atoms with Crippen LogP contribution < -0.4 is 16.0 Å². The number of alkyl halides is 3. The summed E-state index contributed by atoms with van der Waals surface area (Å²) in [5.41, 5.74) is -3.16. The van der Waals surface area contributed by atoms with Crippen LogP contribution in [-0.2, 0) is 36.6 Å². The Morgan fingerprint density at radius 2 is 1.62 bits per heavy atom. The number of amides is 4. The molecule has 0 aliphatic carbocycles. The largest absolute Gasteiger partial charge is 0.444 e. The number of carbonyl (C=O) groups is 4. The maximum Gasteiger partial charge on any atom is 0.416 e. The molecule has 4 amide bonds. The number of rotatable bonds is 12. The van der Waals surface area contributed by atoms with Crippen molar-refractivity contribution in [2.45, 2.75) is 78.1 Å². The molecule has 0 bridgehead atoms. The SMILES string of the molecule is C.CN(C)C(=O)C(c1ccc(C(F)(F)F)cc1F)n1cnc(NC(=O)C(COCc2ccccc2)NC(=O)C(C)(C)NC(=O)OC(C)(C)C)c1. The number of alkyl carbamates (subject to hydrolysis) is 1. The maximum atomic E-state index is 15.0. The van der Waals surface area contributed by atoms with Gasteiger partial charge in [0, 0.05) is 25.9 Å². The summed E-state index contributed by atoms with van der Waals surface area (Å²) in [5, 5.41) is 7.54. The van der Waals surface area contributed by atoms with Gasteiger partial charge in [-0.25, -0.2) is 14.2 Å². The fourth-order valence-corrected chi connectivity index (χ4v) is 4.35. The molecule has 2 aromatic carbocycles. The van der Waals surface area contributed by atoms with Crippen molar-refractivity contribution < 1.29 is 46.2 Å². The van der Waals surface area contributed by atoms with Gasteiger partial charge in [-0.3, -0.25) is 14.4 Å². The normalized spacial score (nSPS) is 12.9. The molecule has 12 nitrogen and oxygen atoms in total. The molecule has 2 atom stereocenters. The zero-order valence-electron chi connectivity index (χ0n) is 28.1. The van der Waals surface area contributed by atoms with Crippen molar-refractivity contribution in [2.75, 3.05) is 26.0 Å². The molecule has 3 aromatic rings. The zero-order valence-corrected chi connectivity index (χ0v) is 28.1. The van der Waals surface area contributed by atoms with E-state index in [2.05, 4.69) is 20.9 Å². The van der Waals surface area contributed by atoms with Crippen molar-refractivity contribution in [2.24, 2.45) is 0 Å². The van der Waals surface area contributed by atoms with E-state index in [9.17, 15) is 32.3 Å². The number of benzene rings is 2. The third kappa shape index (κ3) is 11.6. The van der Waals surface area contributed by atoms with Gasteiger partial charge in [0.05, 0.1) is 25.1 Å². The molecule has 1 heterocycles. The van der Waals surface area contributed by atoms with E-state index in [1.807, 2.05) is 6.07 Å². The van der Waals surface area contributed by atoms with Gasteiger partial charge in [-0.2, -0.15) is 13.2 Å². The van der Waals surface area contributed by atoms with Gasteiger partial charge in [-0.1, -0.05) is 43.8 Å². The minimum absolute atomic E-state index is 0. The van der Waals surface area contributed by atoms with Gasteiger partial charge in [0.1, 0.15) is 29.0 Å². The average Bonchev–Trinajstić information content (AvgIpc) is 3.43. The Balaban J connectivity index is 0.00000867. The number of hydrogen-bond acceptors (Lipinski definition) is 7. The summed E-state index contributed by atoms with van der Waals surface area (Å²) in [6.07, 6.45) is -3.36. The summed E-state index contributed by atoms with van der Waals surface area (Å²) in [7, 11) is 2.78. The Labute approximate surface area is 288 Å². The van der Waals surface area contributed by atoms with Crippen LogP contribution in [0.1, 0.15) is 64.8 Å². The van der Waals surface area contributed by atoms with Crippen LogP contribution in [0.3, 0.4) is 0 Å². The highest BCUT2D eigenvalue weighted by Crippen LogP contribution is 2.33. The molecule has 3 rings (SSSR count). The van der Waals surface area contributed by atoms with Gasteiger partial charge < -0.3 is 34.9 Å². The van der Waals surface area contributed by atoms with E-state index in [1.165, 1.54) is 34.1 Å². The highest BCUT2D eigenvalue weighted by molar-refractivity contribution is 5.98. The summed E-state index contributed by atoms with van der Waals surface area (Å²) in [4.78, 5) is 57.5. The summed E-state index contributed by atoms with van der Waals surface area (Å²) < 4.78 is 66.6. The maximum absolute atomic E-state index is 15.0.